The number of anilines is 1. The van der Waals surface area contributed by atoms with Gasteiger partial charge in [0.25, 0.3) is 0 Å². The summed E-state index contributed by atoms with van der Waals surface area (Å²) >= 11 is 0. The highest BCUT2D eigenvalue weighted by Crippen LogP contribution is 2.22. The molecule has 2 aromatic rings. The van der Waals surface area contributed by atoms with E-state index in [0.29, 0.717) is 18.5 Å². The minimum atomic E-state index is -0.272. The zero-order chi connectivity index (χ0) is 17.4. The van der Waals surface area contributed by atoms with Crippen molar-refractivity contribution in [3.63, 3.8) is 0 Å². The molecule has 0 fully saturated rings. The van der Waals surface area contributed by atoms with Crippen molar-refractivity contribution >= 4 is 11.7 Å². The first-order valence-electron chi connectivity index (χ1n) is 8.02. The standard InChI is InChI=1S/C19H24N2O3/c1-14-13-16(10-11-18(14)24-2)20-19(23)21-17(9-6-12-22)15-7-4-3-5-8-15/h3-5,7-8,10-11,13,17,22H,6,9,12H2,1-2H3,(H2,20,21,23)/t17-/m1/s1. The maximum atomic E-state index is 12.3. The lowest BCUT2D eigenvalue weighted by atomic mass is 10.0. The lowest BCUT2D eigenvalue weighted by Crippen LogP contribution is -2.32. The van der Waals surface area contributed by atoms with Gasteiger partial charge in [0.05, 0.1) is 13.2 Å². The van der Waals surface area contributed by atoms with Crippen LogP contribution in [0, 0.1) is 6.92 Å². The molecule has 128 valence electrons. The van der Waals surface area contributed by atoms with E-state index in [1.165, 1.54) is 0 Å². The van der Waals surface area contributed by atoms with Gasteiger partial charge in [-0.1, -0.05) is 30.3 Å². The molecule has 0 aliphatic heterocycles. The lowest BCUT2D eigenvalue weighted by Gasteiger charge is -2.19. The van der Waals surface area contributed by atoms with Gasteiger partial charge in [-0.3, -0.25) is 0 Å². The molecule has 0 saturated heterocycles. The van der Waals surface area contributed by atoms with Gasteiger partial charge in [0.15, 0.2) is 0 Å². The summed E-state index contributed by atoms with van der Waals surface area (Å²) < 4.78 is 5.22. The number of carbonyl (C=O) groups is 1. The number of amides is 2. The predicted molar refractivity (Wildman–Crippen MR) is 95.4 cm³/mol. The fourth-order valence-corrected chi connectivity index (χ4v) is 2.58. The third-order valence-corrected chi connectivity index (χ3v) is 3.81. The first kappa shape index (κ1) is 17.8. The molecular weight excluding hydrogens is 304 g/mol. The molecule has 24 heavy (non-hydrogen) atoms. The Bertz CT molecular complexity index is 659. The van der Waals surface area contributed by atoms with Gasteiger partial charge in [-0.25, -0.2) is 4.79 Å². The van der Waals surface area contributed by atoms with Crippen LogP contribution >= 0.6 is 0 Å². The van der Waals surface area contributed by atoms with Crippen molar-refractivity contribution < 1.29 is 14.6 Å². The third kappa shape index (κ3) is 4.99. The molecule has 0 bridgehead atoms. The molecule has 0 heterocycles. The summed E-state index contributed by atoms with van der Waals surface area (Å²) in [5.41, 5.74) is 2.68. The second kappa shape index (κ2) is 8.93. The molecule has 0 aromatic heterocycles. The minimum absolute atomic E-state index is 0.101. The molecule has 2 rings (SSSR count). The number of rotatable bonds is 7. The van der Waals surface area contributed by atoms with Crippen molar-refractivity contribution in [3.8, 4) is 5.75 Å². The van der Waals surface area contributed by atoms with E-state index in [1.54, 1.807) is 13.2 Å². The normalized spacial score (nSPS) is 11.6. The molecule has 0 unspecified atom stereocenters. The van der Waals surface area contributed by atoms with Crippen LogP contribution in [0.4, 0.5) is 10.5 Å². The molecule has 0 radical (unpaired) electrons. The van der Waals surface area contributed by atoms with Gasteiger partial charge < -0.3 is 20.5 Å². The number of nitrogens with one attached hydrogen (secondary N) is 2. The van der Waals surface area contributed by atoms with Gasteiger partial charge in [0.1, 0.15) is 5.75 Å². The van der Waals surface area contributed by atoms with E-state index >= 15 is 0 Å². The highest BCUT2D eigenvalue weighted by Gasteiger charge is 2.14. The smallest absolute Gasteiger partial charge is 0.319 e. The summed E-state index contributed by atoms with van der Waals surface area (Å²) in [6.45, 7) is 2.03. The van der Waals surface area contributed by atoms with Crippen molar-refractivity contribution in [2.75, 3.05) is 19.0 Å². The second-order valence-corrected chi connectivity index (χ2v) is 5.61. The van der Waals surface area contributed by atoms with Gasteiger partial charge in [0, 0.05) is 12.3 Å². The average molecular weight is 328 g/mol. The Kier molecular flexibility index (Phi) is 6.63. The number of aliphatic hydroxyl groups excluding tert-OH is 1. The lowest BCUT2D eigenvalue weighted by molar-refractivity contribution is 0.244. The van der Waals surface area contributed by atoms with Gasteiger partial charge in [-0.15, -0.1) is 0 Å². The zero-order valence-electron chi connectivity index (χ0n) is 14.1. The van der Waals surface area contributed by atoms with Crippen molar-refractivity contribution in [2.24, 2.45) is 0 Å². The van der Waals surface area contributed by atoms with E-state index in [-0.39, 0.29) is 18.7 Å². The molecule has 2 amide bonds. The molecule has 0 spiro atoms. The Morgan fingerprint density at radius 1 is 1.21 bits per heavy atom. The van der Waals surface area contributed by atoms with Gasteiger partial charge >= 0.3 is 6.03 Å². The summed E-state index contributed by atoms with van der Waals surface area (Å²) in [5.74, 6) is 0.783. The highest BCUT2D eigenvalue weighted by atomic mass is 16.5. The number of aryl methyl sites for hydroxylation is 1. The second-order valence-electron chi connectivity index (χ2n) is 5.61. The van der Waals surface area contributed by atoms with Crippen LogP contribution < -0.4 is 15.4 Å². The number of hydrogen-bond donors (Lipinski definition) is 3. The molecule has 5 nitrogen and oxygen atoms in total. The van der Waals surface area contributed by atoms with Gasteiger partial charge in [-0.2, -0.15) is 0 Å². The van der Waals surface area contributed by atoms with Crippen LogP contribution in [0.3, 0.4) is 0 Å². The molecule has 0 saturated carbocycles. The Morgan fingerprint density at radius 3 is 2.58 bits per heavy atom. The van der Waals surface area contributed by atoms with Crippen LogP contribution in [0.5, 0.6) is 5.75 Å². The number of benzene rings is 2. The SMILES string of the molecule is COc1ccc(NC(=O)N[C@H](CCCO)c2ccccc2)cc1C. The number of aliphatic hydroxyl groups is 1. The molecule has 1 atom stereocenters. The van der Waals surface area contributed by atoms with Crippen LogP contribution in [0.2, 0.25) is 0 Å². The molecule has 0 aliphatic carbocycles. The molecule has 2 aromatic carbocycles. The first-order chi connectivity index (χ1) is 11.6. The maximum Gasteiger partial charge on any atom is 0.319 e. The summed E-state index contributed by atoms with van der Waals surface area (Å²) in [6, 6.07) is 14.8. The topological polar surface area (TPSA) is 70.6 Å². The van der Waals surface area contributed by atoms with E-state index in [4.69, 9.17) is 9.84 Å². The number of urea groups is 1. The largest absolute Gasteiger partial charge is 0.496 e. The number of hydrogen-bond acceptors (Lipinski definition) is 3. The first-order valence-corrected chi connectivity index (χ1v) is 8.02. The van der Waals surface area contributed by atoms with Crippen molar-refractivity contribution in [3.05, 3.63) is 59.7 Å². The van der Waals surface area contributed by atoms with Crippen LogP contribution in [0.1, 0.15) is 30.0 Å². The van der Waals surface area contributed by atoms with Crippen molar-refractivity contribution in [1.82, 2.24) is 5.32 Å². The third-order valence-electron chi connectivity index (χ3n) is 3.81. The zero-order valence-corrected chi connectivity index (χ0v) is 14.1. The average Bonchev–Trinajstić information content (AvgIpc) is 2.59. The molecular formula is C19H24N2O3. The van der Waals surface area contributed by atoms with E-state index in [0.717, 1.165) is 16.9 Å². The fraction of sp³-hybridized carbons (Fsp3) is 0.316. The monoisotopic (exact) mass is 328 g/mol. The number of methoxy groups -OCH3 is 1. The van der Waals surface area contributed by atoms with E-state index < -0.39 is 0 Å². The fourth-order valence-electron chi connectivity index (χ4n) is 2.58. The quantitative estimate of drug-likeness (QED) is 0.727. The summed E-state index contributed by atoms with van der Waals surface area (Å²) in [4.78, 5) is 12.3. The summed E-state index contributed by atoms with van der Waals surface area (Å²) in [6.07, 6.45) is 1.30. The Hall–Kier alpha value is -2.53. The summed E-state index contributed by atoms with van der Waals surface area (Å²) in [5, 5.41) is 14.9. The Balaban J connectivity index is 2.03. The van der Waals surface area contributed by atoms with Crippen LogP contribution in [-0.4, -0.2) is 24.9 Å². The molecule has 3 N–H and O–H groups in total. The molecule has 0 aliphatic rings. The van der Waals surface area contributed by atoms with E-state index in [2.05, 4.69) is 10.6 Å². The van der Waals surface area contributed by atoms with Crippen molar-refractivity contribution in [1.29, 1.82) is 0 Å². The van der Waals surface area contributed by atoms with Crippen molar-refractivity contribution in [2.45, 2.75) is 25.8 Å². The molecule has 5 heteroatoms. The van der Waals surface area contributed by atoms with Gasteiger partial charge in [-0.05, 0) is 49.1 Å². The Labute approximate surface area is 142 Å². The predicted octanol–water partition coefficient (Wildman–Crippen LogP) is 3.64. The van der Waals surface area contributed by atoms with Crippen LogP contribution in [0.25, 0.3) is 0 Å². The van der Waals surface area contributed by atoms with Crippen LogP contribution in [-0.2, 0) is 0 Å². The number of ether oxygens (including phenoxy) is 1. The summed E-state index contributed by atoms with van der Waals surface area (Å²) in [7, 11) is 1.62. The number of carbonyl (C=O) groups excluding carboxylic acids is 1. The van der Waals surface area contributed by atoms with Crippen LogP contribution in [0.15, 0.2) is 48.5 Å². The van der Waals surface area contributed by atoms with E-state index in [9.17, 15) is 4.79 Å². The maximum absolute atomic E-state index is 12.3. The minimum Gasteiger partial charge on any atom is -0.496 e. The highest BCUT2D eigenvalue weighted by molar-refractivity contribution is 5.89. The van der Waals surface area contributed by atoms with E-state index in [1.807, 2.05) is 49.4 Å². The van der Waals surface area contributed by atoms with Gasteiger partial charge in [0.2, 0.25) is 0 Å². The Morgan fingerprint density at radius 2 is 1.96 bits per heavy atom.